The number of unbranched alkanes of at least 4 members (excludes halogenated alkanes) is 4. The third-order valence-corrected chi connectivity index (χ3v) is 17.7. The maximum atomic E-state index is 12.9. The number of anilines is 1. The van der Waals surface area contributed by atoms with Crippen molar-refractivity contribution in [3.8, 4) is 0 Å². The van der Waals surface area contributed by atoms with E-state index in [0.29, 0.717) is 89.3 Å². The Hall–Kier alpha value is -5.16. The summed E-state index contributed by atoms with van der Waals surface area (Å²) in [4.78, 5) is 22.6. The van der Waals surface area contributed by atoms with Crippen LogP contribution < -0.4 is 4.90 Å². The van der Waals surface area contributed by atoms with Crippen LogP contribution in [0.5, 0.6) is 0 Å². The zero-order chi connectivity index (χ0) is 54.1. The van der Waals surface area contributed by atoms with E-state index in [1.54, 1.807) is 41.9 Å². The Morgan fingerprint density at radius 3 is 1.71 bits per heavy atom. The number of hydrogen-bond donors (Lipinski definition) is 7. The lowest BCUT2D eigenvalue weighted by atomic mass is 9.73. The van der Waals surface area contributed by atoms with Crippen LogP contribution in [0, 0.1) is 0 Å². The molecule has 398 valence electrons. The van der Waals surface area contributed by atoms with E-state index in [9.17, 15) is 84.7 Å². The normalized spacial score (nSPS) is 19.2. The number of nitrogens with zero attached hydrogens (tertiary/aromatic N) is 2. The van der Waals surface area contributed by atoms with Gasteiger partial charge in [-0.05, 0) is 110 Å². The van der Waals surface area contributed by atoms with E-state index in [1.807, 2.05) is 11.8 Å². The first-order chi connectivity index (χ1) is 33.8. The number of hydrogen-bond acceptors (Lipinski definition) is 13. The molecule has 0 amide bonds. The first-order valence-electron chi connectivity index (χ1n) is 23.0. The van der Waals surface area contributed by atoms with Gasteiger partial charge in [0.25, 0.3) is 50.6 Å². The summed E-state index contributed by atoms with van der Waals surface area (Å²) in [5, 5.41) is 19.6. The molecule has 0 bridgehead atoms. The van der Waals surface area contributed by atoms with Gasteiger partial charge in [-0.2, -0.15) is 46.7 Å². The van der Waals surface area contributed by atoms with Crippen LogP contribution in [-0.2, 0) is 71.0 Å². The molecular weight excluding hydrogens is 1060 g/mol. The monoisotopic (exact) mass is 1110 g/mol. The molecule has 26 heteroatoms. The summed E-state index contributed by atoms with van der Waals surface area (Å²) in [5.41, 5.74) is 0.324. The van der Waals surface area contributed by atoms with Crippen LogP contribution >= 0.6 is 0 Å². The van der Waals surface area contributed by atoms with Gasteiger partial charge < -0.3 is 15.1 Å². The average molecular weight is 1110 g/mol. The quantitative estimate of drug-likeness (QED) is 0.0201. The molecule has 0 fully saturated rings. The highest BCUT2D eigenvalue weighted by Gasteiger charge is 2.49. The Morgan fingerprint density at radius 1 is 0.589 bits per heavy atom. The van der Waals surface area contributed by atoms with Gasteiger partial charge in [-0.25, -0.2) is 0 Å². The Balaban J connectivity index is 1.64. The first kappa shape index (κ1) is 57.1. The summed E-state index contributed by atoms with van der Waals surface area (Å²) < 4.78 is 176. The Kier molecular flexibility index (Phi) is 16.9. The van der Waals surface area contributed by atoms with Crippen molar-refractivity contribution < 1.29 is 89.2 Å². The lowest BCUT2D eigenvalue weighted by molar-refractivity contribution is -0.437. The minimum absolute atomic E-state index is 0.0133. The van der Waals surface area contributed by atoms with Crippen molar-refractivity contribution >= 4 is 101 Å². The molecule has 0 saturated heterocycles. The van der Waals surface area contributed by atoms with Crippen molar-refractivity contribution in [2.45, 2.75) is 116 Å². The standard InChI is InChI=1S/C47H56N2O19S5/c1-46(22-7-3-5-14-42(50)51)40(48(24-10-26-69(54,55)56)37-20-17-31-16-18-32(71(60,61)62)28-35(31)44(37)46)12-9-13-41-47(2,23-8-4-6-15-43(52)53)45-36-29-33(72(63,64)65)30-39(73(66,67)68)34(36)19-21-38(45)49(41)25-11-27-70(57,58)59/h9,12-13,16-21,28-30H,3-8,10-11,14-15,22-27H2,1-2H3,(H6-,50,51,52,53,54,55,56,57,58,59,60,61,62,63,64,65,66,67,68)/p+1. The zero-order valence-corrected chi connectivity index (χ0v) is 43.8. The van der Waals surface area contributed by atoms with Gasteiger partial charge in [0.15, 0.2) is 5.71 Å². The third-order valence-electron chi connectivity index (χ3n) is 13.5. The molecule has 0 saturated carbocycles. The summed E-state index contributed by atoms with van der Waals surface area (Å²) in [6.07, 6.45) is 7.14. The number of aliphatic carboxylic acids is 2. The largest absolute Gasteiger partial charge is 0.481 e. The topological polar surface area (TPSA) is 353 Å². The minimum atomic E-state index is -5.16. The van der Waals surface area contributed by atoms with Crippen molar-refractivity contribution in [1.82, 2.24) is 0 Å². The number of rotatable bonds is 25. The molecule has 0 aliphatic carbocycles. The lowest BCUT2D eigenvalue weighted by Crippen LogP contribution is -2.32. The van der Waals surface area contributed by atoms with Crippen molar-refractivity contribution in [1.29, 1.82) is 0 Å². The SMILES string of the molecule is CC1(CCCCCC(=O)O)C(/C=C/C=C2/N(CCCS(=O)(=O)O)c3ccc4ccc(S(=O)(=O)O)cc4c3C2(C)CCCCCC(=O)O)=[N+](CCCS(=O)(=O)O)c2ccc3c(S(=O)(=O)O)cc(S(=O)(=O)O)cc3c21. The van der Waals surface area contributed by atoms with Gasteiger partial charge in [0, 0.05) is 65.7 Å². The fourth-order valence-electron chi connectivity index (χ4n) is 10.3. The molecule has 2 aliphatic rings. The van der Waals surface area contributed by atoms with Gasteiger partial charge in [-0.15, -0.1) is 0 Å². The van der Waals surface area contributed by atoms with E-state index < -0.39 is 99.6 Å². The van der Waals surface area contributed by atoms with Gasteiger partial charge in [-0.3, -0.25) is 32.4 Å². The van der Waals surface area contributed by atoms with Gasteiger partial charge in [0.05, 0.1) is 26.7 Å². The molecule has 7 N–H and O–H groups in total. The van der Waals surface area contributed by atoms with E-state index in [0.717, 1.165) is 6.07 Å². The molecule has 2 atom stereocenters. The van der Waals surface area contributed by atoms with Crippen molar-refractivity contribution in [2.75, 3.05) is 29.5 Å². The maximum absolute atomic E-state index is 12.9. The highest BCUT2D eigenvalue weighted by Crippen LogP contribution is 2.54. The number of benzene rings is 4. The summed E-state index contributed by atoms with van der Waals surface area (Å²) in [6, 6.07) is 12.0. The predicted molar refractivity (Wildman–Crippen MR) is 270 cm³/mol. The molecule has 4 aromatic rings. The molecule has 4 aromatic carbocycles. The number of allylic oxidation sites excluding steroid dienone is 4. The molecule has 6 rings (SSSR count). The van der Waals surface area contributed by atoms with Gasteiger partial charge >= 0.3 is 11.9 Å². The zero-order valence-electron chi connectivity index (χ0n) is 39.7. The molecule has 73 heavy (non-hydrogen) atoms. The summed E-state index contributed by atoms with van der Waals surface area (Å²) in [6.45, 7) is 3.49. The Labute approximate surface area is 423 Å². The minimum Gasteiger partial charge on any atom is -0.481 e. The summed E-state index contributed by atoms with van der Waals surface area (Å²) in [7, 11) is -24.0. The fraction of sp³-hybridized carbons (Fsp3) is 0.426. The highest BCUT2D eigenvalue weighted by molar-refractivity contribution is 7.87. The van der Waals surface area contributed by atoms with E-state index >= 15 is 0 Å². The molecule has 0 aromatic heterocycles. The van der Waals surface area contributed by atoms with Crippen LogP contribution in [0.3, 0.4) is 0 Å². The predicted octanol–water partition coefficient (Wildman–Crippen LogP) is 6.93. The van der Waals surface area contributed by atoms with Gasteiger partial charge in [0.1, 0.15) is 11.4 Å². The second kappa shape index (κ2) is 21.6. The number of carboxylic acid groups (broad SMARTS) is 2. The number of carboxylic acids is 2. The molecular formula is C47H57N2O19S5+. The molecule has 0 spiro atoms. The van der Waals surface area contributed by atoms with Crippen LogP contribution in [0.15, 0.2) is 93.2 Å². The second-order valence-electron chi connectivity index (χ2n) is 18.7. The Morgan fingerprint density at radius 2 is 1.15 bits per heavy atom. The number of carbonyl (C=O) groups is 2. The molecule has 0 radical (unpaired) electrons. The van der Waals surface area contributed by atoms with Gasteiger partial charge in [0.2, 0.25) is 5.69 Å². The van der Waals surface area contributed by atoms with Crippen LogP contribution in [0.1, 0.15) is 102 Å². The fourth-order valence-corrected chi connectivity index (χ4v) is 13.2. The second-order valence-corrected chi connectivity index (χ2v) is 26.1. The van der Waals surface area contributed by atoms with E-state index in [2.05, 4.69) is 0 Å². The smallest absolute Gasteiger partial charge is 0.303 e. The summed E-state index contributed by atoms with van der Waals surface area (Å²) >= 11 is 0. The van der Waals surface area contributed by atoms with Crippen LogP contribution in [0.25, 0.3) is 21.5 Å². The van der Waals surface area contributed by atoms with E-state index in [1.165, 1.54) is 30.3 Å². The lowest BCUT2D eigenvalue weighted by Gasteiger charge is -2.31. The van der Waals surface area contributed by atoms with Crippen molar-refractivity contribution in [2.24, 2.45) is 0 Å². The van der Waals surface area contributed by atoms with Crippen LogP contribution in [0.4, 0.5) is 11.4 Å². The van der Waals surface area contributed by atoms with E-state index in [4.69, 9.17) is 0 Å². The van der Waals surface area contributed by atoms with Crippen LogP contribution in [-0.4, -0.2) is 122 Å². The van der Waals surface area contributed by atoms with Crippen molar-refractivity contribution in [3.05, 3.63) is 89.6 Å². The number of fused-ring (bicyclic) bond motifs is 6. The summed E-state index contributed by atoms with van der Waals surface area (Å²) in [5.74, 6) is -3.37. The molecule has 2 heterocycles. The van der Waals surface area contributed by atoms with Crippen molar-refractivity contribution in [3.63, 3.8) is 0 Å². The third kappa shape index (κ3) is 13.2. The highest BCUT2D eigenvalue weighted by atomic mass is 32.2. The van der Waals surface area contributed by atoms with E-state index in [-0.39, 0.29) is 62.4 Å². The first-order valence-corrected chi connectivity index (χ1v) is 30.6. The molecule has 21 nitrogen and oxygen atoms in total. The maximum Gasteiger partial charge on any atom is 0.303 e. The molecule has 2 aliphatic heterocycles. The Bertz CT molecular complexity index is 3550. The molecule has 2 unspecified atom stereocenters. The average Bonchev–Trinajstić information content (AvgIpc) is 3.64. The van der Waals surface area contributed by atoms with Crippen LogP contribution in [0.2, 0.25) is 0 Å². The van der Waals surface area contributed by atoms with Gasteiger partial charge in [-0.1, -0.05) is 43.9 Å².